The zero-order chi connectivity index (χ0) is 25.9. The number of esters is 1. The van der Waals surface area contributed by atoms with E-state index >= 15 is 0 Å². The van der Waals surface area contributed by atoms with E-state index in [1.54, 1.807) is 0 Å². The molecule has 0 aliphatic heterocycles. The number of carbonyl (C=O) groups excluding carboxylic acids is 1. The quantitative estimate of drug-likeness (QED) is 0.354. The van der Waals surface area contributed by atoms with Gasteiger partial charge in [-0.25, -0.2) is 0 Å². The molecule has 0 aromatic heterocycles. The van der Waals surface area contributed by atoms with Crippen LogP contribution in [-0.4, -0.2) is 45.2 Å². The Hall–Kier alpha value is -1.17. The molecule has 3 N–H and O–H groups in total. The third-order valence-corrected chi connectivity index (χ3v) is 11.1. The van der Waals surface area contributed by atoms with Gasteiger partial charge in [0.2, 0.25) is 0 Å². The molecule has 5 nitrogen and oxygen atoms in total. The van der Waals surface area contributed by atoms with Crippen molar-refractivity contribution >= 4 is 5.97 Å². The molecule has 0 radical (unpaired) electrons. The highest BCUT2D eigenvalue weighted by molar-refractivity contribution is 5.66. The minimum atomic E-state index is -1.35. The minimum absolute atomic E-state index is 0.103. The maximum Gasteiger partial charge on any atom is 0.302 e. The first-order valence-corrected chi connectivity index (χ1v) is 13.9. The molecule has 0 amide bonds. The molecule has 3 fully saturated rings. The molecule has 35 heavy (non-hydrogen) atoms. The molecule has 0 unspecified atom stereocenters. The van der Waals surface area contributed by atoms with Crippen LogP contribution in [0, 0.1) is 40.4 Å². The summed E-state index contributed by atoms with van der Waals surface area (Å²) in [5.41, 5.74) is 0.0561. The first-order valence-electron chi connectivity index (χ1n) is 13.9. The van der Waals surface area contributed by atoms with Crippen molar-refractivity contribution in [3.8, 4) is 0 Å². The lowest BCUT2D eigenvalue weighted by molar-refractivity contribution is -0.224. The van der Waals surface area contributed by atoms with Crippen LogP contribution in [0.3, 0.4) is 0 Å². The van der Waals surface area contributed by atoms with E-state index in [2.05, 4.69) is 34.3 Å². The summed E-state index contributed by atoms with van der Waals surface area (Å²) >= 11 is 0. The van der Waals surface area contributed by atoms with E-state index in [1.807, 2.05) is 13.0 Å². The molecule has 10 atom stereocenters. The van der Waals surface area contributed by atoms with Crippen LogP contribution in [0.4, 0.5) is 0 Å². The summed E-state index contributed by atoms with van der Waals surface area (Å²) in [6.45, 7) is 16.8. The van der Waals surface area contributed by atoms with Crippen LogP contribution in [0.2, 0.25) is 0 Å². The lowest BCUT2D eigenvalue weighted by atomic mass is 9.44. The molecule has 4 aliphatic carbocycles. The summed E-state index contributed by atoms with van der Waals surface area (Å²) in [6.07, 6.45) is 6.59. The van der Waals surface area contributed by atoms with E-state index in [1.165, 1.54) is 12.5 Å². The van der Waals surface area contributed by atoms with Crippen molar-refractivity contribution in [2.45, 2.75) is 117 Å². The predicted octanol–water partition coefficient (Wildman–Crippen LogP) is 5.18. The fourth-order valence-electron chi connectivity index (χ4n) is 8.82. The number of aliphatic hydroxyl groups is 3. The van der Waals surface area contributed by atoms with E-state index < -0.39 is 23.2 Å². The van der Waals surface area contributed by atoms with Crippen LogP contribution in [0.25, 0.3) is 0 Å². The summed E-state index contributed by atoms with van der Waals surface area (Å²) < 4.78 is 5.49. The lowest BCUT2D eigenvalue weighted by Crippen LogP contribution is -2.69. The topological polar surface area (TPSA) is 87.0 Å². The fourth-order valence-corrected chi connectivity index (χ4v) is 8.82. The first-order chi connectivity index (χ1) is 16.3. The SMILES string of the molecule is C=C(CC[C@@H](C)[C@H]1CC[C@H]2C3=C[C@H](O)[C@H]4C[C@@H](OC(C)=O)CC[C@]4(C)[C@@]3(O)[C@H](O)C[C@]12C)C(C)C. The lowest BCUT2D eigenvalue weighted by Gasteiger charge is -2.64. The van der Waals surface area contributed by atoms with E-state index in [9.17, 15) is 20.1 Å². The molecule has 0 saturated heterocycles. The molecule has 198 valence electrons. The van der Waals surface area contributed by atoms with Crippen molar-refractivity contribution in [3.63, 3.8) is 0 Å². The molecule has 0 aromatic carbocycles. The van der Waals surface area contributed by atoms with Crippen LogP contribution < -0.4 is 0 Å². The molecular weight excluding hydrogens is 440 g/mol. The second-order valence-corrected chi connectivity index (χ2v) is 13.2. The van der Waals surface area contributed by atoms with Crippen LogP contribution in [0.15, 0.2) is 23.8 Å². The van der Waals surface area contributed by atoms with Crippen molar-refractivity contribution in [1.82, 2.24) is 0 Å². The van der Waals surface area contributed by atoms with E-state index in [4.69, 9.17) is 4.74 Å². The van der Waals surface area contributed by atoms with Gasteiger partial charge in [-0.3, -0.25) is 4.79 Å². The predicted molar refractivity (Wildman–Crippen MR) is 137 cm³/mol. The molecule has 0 bridgehead atoms. The minimum Gasteiger partial charge on any atom is -0.463 e. The van der Waals surface area contributed by atoms with Gasteiger partial charge in [-0.2, -0.15) is 0 Å². The Morgan fingerprint density at radius 1 is 1.20 bits per heavy atom. The normalized spacial score (nSPS) is 45.7. The van der Waals surface area contributed by atoms with E-state index in [0.29, 0.717) is 43.4 Å². The number of rotatable bonds is 6. The Labute approximate surface area is 212 Å². The standard InChI is InChI=1S/C30H48O5/c1-17(2)18(3)8-9-19(4)22-10-11-23-24-15-26(32)25-14-21(35-20(5)31)12-13-29(25,7)30(24,34)27(33)16-28(22,23)6/h15,17,19,21-23,25-27,32-34H,3,8-14,16H2,1-2,4-7H3/t19-,21+,22-,23+,25-,26+,27-,28-,29+,30+/m1/s1. The number of ether oxygens (including phenoxy) is 1. The van der Waals surface area contributed by atoms with Crippen molar-refractivity contribution < 1.29 is 24.9 Å². The second kappa shape index (κ2) is 9.29. The van der Waals surface area contributed by atoms with Gasteiger partial charge in [-0.1, -0.05) is 52.8 Å². The van der Waals surface area contributed by atoms with Gasteiger partial charge in [0.15, 0.2) is 0 Å². The van der Waals surface area contributed by atoms with Gasteiger partial charge in [-0.05, 0) is 86.0 Å². The number of allylic oxidation sites excluding steroid dienone is 1. The Bertz CT molecular complexity index is 878. The van der Waals surface area contributed by atoms with Crippen molar-refractivity contribution in [3.05, 3.63) is 23.8 Å². The highest BCUT2D eigenvalue weighted by Crippen LogP contribution is 2.68. The number of aliphatic hydroxyl groups excluding tert-OH is 2. The number of fused-ring (bicyclic) bond motifs is 5. The molecule has 3 saturated carbocycles. The molecule has 4 rings (SSSR count). The van der Waals surface area contributed by atoms with E-state index in [0.717, 1.165) is 31.3 Å². The number of hydrogen-bond acceptors (Lipinski definition) is 5. The fraction of sp³-hybridized carbons (Fsp3) is 0.833. The second-order valence-electron chi connectivity index (χ2n) is 13.2. The summed E-state index contributed by atoms with van der Waals surface area (Å²) in [7, 11) is 0. The van der Waals surface area contributed by atoms with Gasteiger partial charge < -0.3 is 20.1 Å². The largest absolute Gasteiger partial charge is 0.463 e. The maximum absolute atomic E-state index is 12.4. The Morgan fingerprint density at radius 3 is 2.51 bits per heavy atom. The Kier molecular flexibility index (Phi) is 7.14. The molecule has 4 aliphatic rings. The van der Waals surface area contributed by atoms with Gasteiger partial charge in [0.05, 0.1) is 12.2 Å². The average Bonchev–Trinajstić information content (AvgIpc) is 3.11. The smallest absolute Gasteiger partial charge is 0.302 e. The van der Waals surface area contributed by atoms with Crippen molar-refractivity contribution in [2.24, 2.45) is 40.4 Å². The molecule has 0 heterocycles. The number of carbonyl (C=O) groups is 1. The molecule has 0 spiro atoms. The van der Waals surface area contributed by atoms with Gasteiger partial charge in [0.1, 0.15) is 11.7 Å². The van der Waals surface area contributed by atoms with Crippen LogP contribution >= 0.6 is 0 Å². The maximum atomic E-state index is 12.4. The Balaban J connectivity index is 1.62. The van der Waals surface area contributed by atoms with Gasteiger partial charge in [0, 0.05) is 18.3 Å². The Morgan fingerprint density at radius 2 is 1.89 bits per heavy atom. The zero-order valence-electron chi connectivity index (χ0n) is 22.7. The van der Waals surface area contributed by atoms with Gasteiger partial charge in [0.25, 0.3) is 0 Å². The summed E-state index contributed by atoms with van der Waals surface area (Å²) in [5.74, 6) is 1.07. The highest BCUT2D eigenvalue weighted by atomic mass is 16.5. The van der Waals surface area contributed by atoms with E-state index in [-0.39, 0.29) is 29.3 Å². The van der Waals surface area contributed by atoms with Crippen molar-refractivity contribution in [1.29, 1.82) is 0 Å². The molecule has 0 aromatic rings. The monoisotopic (exact) mass is 488 g/mol. The average molecular weight is 489 g/mol. The third kappa shape index (κ3) is 4.14. The number of hydrogen-bond donors (Lipinski definition) is 3. The van der Waals surface area contributed by atoms with Crippen LogP contribution in [0.5, 0.6) is 0 Å². The zero-order valence-corrected chi connectivity index (χ0v) is 22.7. The highest BCUT2D eigenvalue weighted by Gasteiger charge is 2.69. The van der Waals surface area contributed by atoms with Crippen LogP contribution in [-0.2, 0) is 9.53 Å². The molecule has 5 heteroatoms. The van der Waals surface area contributed by atoms with Gasteiger partial charge >= 0.3 is 5.97 Å². The summed E-state index contributed by atoms with van der Waals surface area (Å²) in [4.78, 5) is 11.5. The molecular formula is C30H48O5. The third-order valence-electron chi connectivity index (χ3n) is 11.1. The summed E-state index contributed by atoms with van der Waals surface area (Å²) in [5, 5.41) is 35.4. The summed E-state index contributed by atoms with van der Waals surface area (Å²) in [6, 6.07) is 0. The van der Waals surface area contributed by atoms with Gasteiger partial charge in [-0.15, -0.1) is 0 Å². The van der Waals surface area contributed by atoms with Crippen LogP contribution in [0.1, 0.15) is 92.9 Å². The van der Waals surface area contributed by atoms with Crippen molar-refractivity contribution in [2.75, 3.05) is 0 Å². The first kappa shape index (κ1) is 26.9.